The van der Waals surface area contributed by atoms with Crippen LogP contribution in [0.15, 0.2) is 30.3 Å². The van der Waals surface area contributed by atoms with Crippen LogP contribution in [0.3, 0.4) is 0 Å². The molecule has 0 fully saturated rings. The number of amides is 1. The van der Waals surface area contributed by atoms with Gasteiger partial charge >= 0.3 is 0 Å². The monoisotopic (exact) mass is 341 g/mol. The van der Waals surface area contributed by atoms with Crippen molar-refractivity contribution in [3.8, 4) is 0 Å². The number of carbonyl (C=O) groups is 1. The van der Waals surface area contributed by atoms with Gasteiger partial charge in [0.15, 0.2) is 0 Å². The summed E-state index contributed by atoms with van der Waals surface area (Å²) in [4.78, 5) is 19.8. The van der Waals surface area contributed by atoms with Crippen molar-refractivity contribution in [2.75, 3.05) is 13.6 Å². The second-order valence-electron chi connectivity index (χ2n) is 6.23. The quantitative estimate of drug-likeness (QED) is 0.709. The first-order valence-electron chi connectivity index (χ1n) is 8.17. The molecule has 0 atom stereocenters. The first-order valence-corrected chi connectivity index (χ1v) is 8.99. The number of hydrogen-bond acceptors (Lipinski definition) is 3. The lowest BCUT2D eigenvalue weighted by molar-refractivity contribution is -0.129. The minimum Gasteiger partial charge on any atom is -0.344 e. The molecular weight excluding hydrogens is 318 g/mol. The number of aromatic nitrogens is 2. The number of aryl methyl sites for hydroxylation is 3. The van der Waals surface area contributed by atoms with Crippen LogP contribution in [-0.2, 0) is 17.8 Å². The molecule has 0 radical (unpaired) electrons. The van der Waals surface area contributed by atoms with Gasteiger partial charge in [0.05, 0.1) is 17.1 Å². The van der Waals surface area contributed by atoms with Crippen molar-refractivity contribution in [3.05, 3.63) is 51.6 Å². The summed E-state index contributed by atoms with van der Waals surface area (Å²) in [5, 5.41) is 2.27. The molecule has 0 saturated carbocycles. The second kappa shape index (κ2) is 6.77. The van der Waals surface area contributed by atoms with Crippen LogP contribution in [0.1, 0.15) is 21.3 Å². The van der Waals surface area contributed by atoms with Gasteiger partial charge in [0.2, 0.25) is 5.91 Å². The standard InChI is InChI=1S/C19H23N3OS/c1-13-11-16-7-5-6-8-17(16)22(13)10-9-21(4)19(23)12-18-14(2)20-15(3)24-18/h5-8,11H,9-10,12H2,1-4H3. The zero-order valence-corrected chi connectivity index (χ0v) is 15.5. The summed E-state index contributed by atoms with van der Waals surface area (Å²) in [6, 6.07) is 10.6. The highest BCUT2D eigenvalue weighted by atomic mass is 32.1. The van der Waals surface area contributed by atoms with Crippen LogP contribution in [0.2, 0.25) is 0 Å². The summed E-state index contributed by atoms with van der Waals surface area (Å²) >= 11 is 1.62. The van der Waals surface area contributed by atoms with Gasteiger partial charge in [0, 0.05) is 36.2 Å². The maximum absolute atomic E-state index is 12.5. The fourth-order valence-corrected chi connectivity index (χ4v) is 3.96. The average Bonchev–Trinajstić information content (AvgIpc) is 3.03. The van der Waals surface area contributed by atoms with E-state index in [2.05, 4.69) is 46.8 Å². The molecule has 5 heteroatoms. The van der Waals surface area contributed by atoms with Gasteiger partial charge in [-0.15, -0.1) is 11.3 Å². The van der Waals surface area contributed by atoms with Crippen LogP contribution in [0.4, 0.5) is 0 Å². The molecule has 3 aromatic rings. The van der Waals surface area contributed by atoms with E-state index in [1.807, 2.05) is 25.8 Å². The highest BCUT2D eigenvalue weighted by molar-refractivity contribution is 7.11. The summed E-state index contributed by atoms with van der Waals surface area (Å²) in [5.41, 5.74) is 3.43. The average molecular weight is 341 g/mol. The summed E-state index contributed by atoms with van der Waals surface area (Å²) in [6.07, 6.45) is 0.444. The third kappa shape index (κ3) is 3.36. The minimum atomic E-state index is 0.149. The van der Waals surface area contributed by atoms with Crippen molar-refractivity contribution in [3.63, 3.8) is 0 Å². The van der Waals surface area contributed by atoms with Gasteiger partial charge < -0.3 is 9.47 Å². The molecule has 0 N–H and O–H groups in total. The molecule has 2 heterocycles. The van der Waals surface area contributed by atoms with E-state index < -0.39 is 0 Å². The number of nitrogens with zero attached hydrogens (tertiary/aromatic N) is 3. The fourth-order valence-electron chi connectivity index (χ4n) is 3.03. The van der Waals surface area contributed by atoms with E-state index in [1.165, 1.54) is 16.6 Å². The normalized spacial score (nSPS) is 11.2. The van der Waals surface area contributed by atoms with E-state index in [9.17, 15) is 4.79 Å². The van der Waals surface area contributed by atoms with Crippen molar-refractivity contribution in [1.82, 2.24) is 14.5 Å². The lowest BCUT2D eigenvalue weighted by atomic mass is 10.2. The van der Waals surface area contributed by atoms with Crippen molar-refractivity contribution >= 4 is 28.1 Å². The number of benzene rings is 1. The molecule has 126 valence electrons. The molecule has 0 aliphatic heterocycles. The van der Waals surface area contributed by atoms with Gasteiger partial charge in [0.25, 0.3) is 0 Å². The molecule has 1 aromatic carbocycles. The highest BCUT2D eigenvalue weighted by Gasteiger charge is 2.14. The molecule has 3 rings (SSSR count). The Kier molecular flexibility index (Phi) is 4.71. The van der Waals surface area contributed by atoms with Crippen LogP contribution in [0.25, 0.3) is 10.9 Å². The van der Waals surface area contributed by atoms with E-state index in [1.54, 1.807) is 11.3 Å². The van der Waals surface area contributed by atoms with Crippen molar-refractivity contribution < 1.29 is 4.79 Å². The Morgan fingerprint density at radius 1 is 1.25 bits per heavy atom. The van der Waals surface area contributed by atoms with Crippen molar-refractivity contribution in [2.24, 2.45) is 0 Å². The van der Waals surface area contributed by atoms with E-state index in [-0.39, 0.29) is 5.91 Å². The molecule has 0 unspecified atom stereocenters. The number of fused-ring (bicyclic) bond motifs is 1. The summed E-state index contributed by atoms with van der Waals surface area (Å²) in [5.74, 6) is 0.149. The van der Waals surface area contributed by atoms with Gasteiger partial charge in [-0.1, -0.05) is 18.2 Å². The number of likely N-dealkylation sites (N-methyl/N-ethyl adjacent to an activating group) is 1. The van der Waals surface area contributed by atoms with Crippen LogP contribution >= 0.6 is 11.3 Å². The topological polar surface area (TPSA) is 38.1 Å². The van der Waals surface area contributed by atoms with E-state index in [0.717, 1.165) is 22.1 Å². The third-order valence-corrected chi connectivity index (χ3v) is 5.49. The Hall–Kier alpha value is -2.14. The second-order valence-corrected chi connectivity index (χ2v) is 7.52. The van der Waals surface area contributed by atoms with Gasteiger partial charge in [-0.05, 0) is 38.3 Å². The predicted molar refractivity (Wildman–Crippen MR) is 99.6 cm³/mol. The van der Waals surface area contributed by atoms with Crippen LogP contribution in [-0.4, -0.2) is 34.0 Å². The number of hydrogen-bond donors (Lipinski definition) is 0. The molecule has 0 aliphatic carbocycles. The summed E-state index contributed by atoms with van der Waals surface area (Å²) in [7, 11) is 1.88. The minimum absolute atomic E-state index is 0.149. The van der Waals surface area contributed by atoms with Crippen molar-refractivity contribution in [2.45, 2.75) is 33.7 Å². The Morgan fingerprint density at radius 2 is 2.00 bits per heavy atom. The van der Waals surface area contributed by atoms with E-state index in [4.69, 9.17) is 0 Å². The van der Waals surface area contributed by atoms with Gasteiger partial charge in [-0.3, -0.25) is 4.79 Å². The Labute approximate surface area is 146 Å². The van der Waals surface area contributed by atoms with Gasteiger partial charge in [0.1, 0.15) is 0 Å². The number of para-hydroxylation sites is 1. The maximum atomic E-state index is 12.5. The first-order chi connectivity index (χ1) is 11.5. The predicted octanol–water partition coefficient (Wildman–Crippen LogP) is 3.72. The Bertz CT molecular complexity index is 878. The highest BCUT2D eigenvalue weighted by Crippen LogP contribution is 2.20. The molecule has 0 aliphatic rings. The zero-order chi connectivity index (χ0) is 17.3. The maximum Gasteiger partial charge on any atom is 0.227 e. The van der Waals surface area contributed by atoms with E-state index in [0.29, 0.717) is 13.0 Å². The van der Waals surface area contributed by atoms with Gasteiger partial charge in [-0.25, -0.2) is 4.98 Å². The van der Waals surface area contributed by atoms with Crippen LogP contribution in [0, 0.1) is 20.8 Å². The Morgan fingerprint density at radius 3 is 2.71 bits per heavy atom. The molecule has 1 amide bonds. The van der Waals surface area contributed by atoms with Crippen LogP contribution in [0.5, 0.6) is 0 Å². The largest absolute Gasteiger partial charge is 0.344 e. The van der Waals surface area contributed by atoms with Gasteiger partial charge in [-0.2, -0.15) is 0 Å². The molecular formula is C19H23N3OS. The number of rotatable bonds is 5. The van der Waals surface area contributed by atoms with E-state index >= 15 is 0 Å². The third-order valence-electron chi connectivity index (χ3n) is 4.41. The molecule has 0 bridgehead atoms. The smallest absolute Gasteiger partial charge is 0.227 e. The number of carbonyl (C=O) groups excluding carboxylic acids is 1. The lowest BCUT2D eigenvalue weighted by Gasteiger charge is -2.18. The molecule has 0 spiro atoms. The molecule has 24 heavy (non-hydrogen) atoms. The first kappa shape index (κ1) is 16.7. The molecule has 2 aromatic heterocycles. The molecule has 0 saturated heterocycles. The molecule has 4 nitrogen and oxygen atoms in total. The van der Waals surface area contributed by atoms with Crippen molar-refractivity contribution in [1.29, 1.82) is 0 Å². The summed E-state index contributed by atoms with van der Waals surface area (Å²) in [6.45, 7) is 7.58. The van der Waals surface area contributed by atoms with Crippen LogP contribution < -0.4 is 0 Å². The Balaban J connectivity index is 1.66. The SMILES string of the molecule is Cc1nc(C)c(CC(=O)N(C)CCn2c(C)cc3ccccc32)s1. The summed E-state index contributed by atoms with van der Waals surface area (Å²) < 4.78 is 2.28. The lowest BCUT2D eigenvalue weighted by Crippen LogP contribution is -2.31. The fraction of sp³-hybridized carbons (Fsp3) is 0.368. The number of thiazole rings is 1. The zero-order valence-electron chi connectivity index (χ0n) is 14.7.